The highest BCUT2D eigenvalue weighted by Crippen LogP contribution is 2.16. The number of rotatable bonds is 3. The summed E-state index contributed by atoms with van der Waals surface area (Å²) in [6, 6.07) is 20.4. The quantitative estimate of drug-likeness (QED) is 0.787. The summed E-state index contributed by atoms with van der Waals surface area (Å²) in [5.41, 5.74) is 1.21. The molecule has 0 amide bonds. The average Bonchev–Trinajstić information content (AvgIpc) is 2.46. The second-order valence-electron chi connectivity index (χ2n) is 3.62. The van der Waals surface area contributed by atoms with E-state index in [4.69, 9.17) is 5.26 Å². The van der Waals surface area contributed by atoms with Crippen molar-refractivity contribution in [2.45, 2.75) is 4.90 Å². The highest BCUT2D eigenvalue weighted by atomic mass is 32.2. The van der Waals surface area contributed by atoms with Gasteiger partial charge in [-0.2, -0.15) is 5.26 Å². The van der Waals surface area contributed by atoms with Gasteiger partial charge in [0.2, 0.25) is 0 Å². The van der Waals surface area contributed by atoms with Gasteiger partial charge in [0.1, 0.15) is 6.07 Å². The summed E-state index contributed by atoms with van der Waals surface area (Å²) in [6.07, 6.45) is 0. The van der Waals surface area contributed by atoms with Crippen molar-refractivity contribution in [3.63, 3.8) is 0 Å². The molecular weight excluding hydrogens is 242 g/mol. The highest BCUT2D eigenvalue weighted by molar-refractivity contribution is 7.88. The first kappa shape index (κ1) is 12.3. The van der Waals surface area contributed by atoms with E-state index in [1.807, 2.05) is 48.5 Å². The van der Waals surface area contributed by atoms with E-state index in [1.165, 1.54) is 5.41 Å². The van der Waals surface area contributed by atoms with Gasteiger partial charge in [-0.25, -0.2) is 4.21 Å². The van der Waals surface area contributed by atoms with Crippen LogP contribution in [0.1, 0.15) is 5.56 Å². The van der Waals surface area contributed by atoms with Crippen LogP contribution in [0.2, 0.25) is 0 Å². The molecular formula is C15H11NOS. The van der Waals surface area contributed by atoms with E-state index in [-0.39, 0.29) is 0 Å². The molecule has 2 nitrogen and oxygen atoms in total. The maximum atomic E-state index is 12.1. The third kappa shape index (κ3) is 2.93. The standard InChI is InChI=1S/C15H11NOS/c16-11-14(13-7-3-1-4-8-13)12-18(17)15-9-5-2-6-10-15/h1-10,12H/b14-12-. The van der Waals surface area contributed by atoms with E-state index in [0.717, 1.165) is 5.56 Å². The van der Waals surface area contributed by atoms with E-state index in [1.54, 1.807) is 12.1 Å². The topological polar surface area (TPSA) is 40.9 Å². The van der Waals surface area contributed by atoms with Gasteiger partial charge in [-0.3, -0.25) is 0 Å². The number of allylic oxidation sites excluding steroid dienone is 1. The van der Waals surface area contributed by atoms with Crippen LogP contribution in [-0.4, -0.2) is 4.21 Å². The second-order valence-corrected chi connectivity index (χ2v) is 4.92. The maximum absolute atomic E-state index is 12.1. The Bertz CT molecular complexity index is 612. The lowest BCUT2D eigenvalue weighted by molar-refractivity contribution is 0.688. The molecule has 0 radical (unpaired) electrons. The van der Waals surface area contributed by atoms with Gasteiger partial charge in [0.25, 0.3) is 0 Å². The lowest BCUT2D eigenvalue weighted by atomic mass is 10.1. The Morgan fingerprint density at radius 3 is 2.11 bits per heavy atom. The zero-order valence-electron chi connectivity index (χ0n) is 9.61. The third-order valence-corrected chi connectivity index (χ3v) is 3.59. The van der Waals surface area contributed by atoms with Crippen LogP contribution < -0.4 is 0 Å². The van der Waals surface area contributed by atoms with E-state index < -0.39 is 10.8 Å². The van der Waals surface area contributed by atoms with Gasteiger partial charge in [0.15, 0.2) is 0 Å². The molecule has 3 heteroatoms. The van der Waals surface area contributed by atoms with Crippen molar-refractivity contribution in [3.05, 3.63) is 71.6 Å². The molecule has 0 spiro atoms. The Labute approximate surface area is 109 Å². The van der Waals surface area contributed by atoms with Gasteiger partial charge < -0.3 is 0 Å². The Hall–Kier alpha value is -2.18. The molecule has 0 aromatic heterocycles. The molecule has 0 aliphatic carbocycles. The van der Waals surface area contributed by atoms with Crippen LogP contribution in [0, 0.1) is 11.3 Å². The number of nitrogens with zero attached hydrogens (tertiary/aromatic N) is 1. The Balaban J connectivity index is 2.33. The van der Waals surface area contributed by atoms with E-state index in [9.17, 15) is 4.21 Å². The van der Waals surface area contributed by atoms with E-state index in [2.05, 4.69) is 6.07 Å². The van der Waals surface area contributed by atoms with Crippen LogP contribution in [0.15, 0.2) is 71.0 Å². The molecule has 2 aromatic rings. The molecule has 0 saturated carbocycles. The van der Waals surface area contributed by atoms with Crippen molar-refractivity contribution in [2.24, 2.45) is 0 Å². The summed E-state index contributed by atoms with van der Waals surface area (Å²) in [4.78, 5) is 0.696. The number of hydrogen-bond acceptors (Lipinski definition) is 2. The molecule has 0 saturated heterocycles. The van der Waals surface area contributed by atoms with Crippen LogP contribution >= 0.6 is 0 Å². The van der Waals surface area contributed by atoms with Crippen molar-refractivity contribution in [1.82, 2.24) is 0 Å². The smallest absolute Gasteiger partial charge is 0.100 e. The fourth-order valence-electron chi connectivity index (χ4n) is 1.51. The number of benzene rings is 2. The van der Waals surface area contributed by atoms with Crippen molar-refractivity contribution in [1.29, 1.82) is 5.26 Å². The molecule has 88 valence electrons. The minimum absolute atomic E-state index is 0.429. The molecule has 1 unspecified atom stereocenters. The Morgan fingerprint density at radius 1 is 1.00 bits per heavy atom. The summed E-state index contributed by atoms with van der Waals surface area (Å²) in [5, 5.41) is 10.6. The molecule has 0 heterocycles. The van der Waals surface area contributed by atoms with Crippen LogP contribution in [0.5, 0.6) is 0 Å². The van der Waals surface area contributed by atoms with Gasteiger partial charge in [0, 0.05) is 10.3 Å². The SMILES string of the molecule is N#C/C(=C/S(=O)c1ccccc1)c1ccccc1. The summed E-state index contributed by atoms with van der Waals surface area (Å²) in [6.45, 7) is 0. The van der Waals surface area contributed by atoms with Gasteiger partial charge in [0.05, 0.1) is 16.4 Å². The zero-order chi connectivity index (χ0) is 12.8. The predicted molar refractivity (Wildman–Crippen MR) is 72.9 cm³/mol. The number of nitriles is 1. The monoisotopic (exact) mass is 253 g/mol. The van der Waals surface area contributed by atoms with Crippen LogP contribution in [0.4, 0.5) is 0 Å². The Kier molecular flexibility index (Phi) is 4.06. The minimum atomic E-state index is -1.30. The number of hydrogen-bond donors (Lipinski definition) is 0. The normalized spacial score (nSPS) is 12.7. The summed E-state index contributed by atoms with van der Waals surface area (Å²) in [7, 11) is -1.30. The van der Waals surface area contributed by atoms with Crippen molar-refractivity contribution in [3.8, 4) is 6.07 Å². The van der Waals surface area contributed by atoms with E-state index in [0.29, 0.717) is 10.5 Å². The molecule has 0 bridgehead atoms. The van der Waals surface area contributed by atoms with Gasteiger partial charge in [-0.1, -0.05) is 48.5 Å². The van der Waals surface area contributed by atoms with Crippen molar-refractivity contribution < 1.29 is 4.21 Å². The lowest BCUT2D eigenvalue weighted by Crippen LogP contribution is -1.89. The molecule has 2 rings (SSSR count). The first-order valence-electron chi connectivity index (χ1n) is 5.44. The van der Waals surface area contributed by atoms with Crippen LogP contribution in [0.25, 0.3) is 5.57 Å². The minimum Gasteiger partial charge on any atom is -0.250 e. The first-order valence-corrected chi connectivity index (χ1v) is 6.65. The highest BCUT2D eigenvalue weighted by Gasteiger charge is 2.04. The zero-order valence-corrected chi connectivity index (χ0v) is 10.4. The third-order valence-electron chi connectivity index (χ3n) is 2.41. The molecule has 2 aromatic carbocycles. The maximum Gasteiger partial charge on any atom is 0.100 e. The fraction of sp³-hybridized carbons (Fsp3) is 0. The summed E-state index contributed by atoms with van der Waals surface area (Å²) < 4.78 is 12.1. The molecule has 0 N–H and O–H groups in total. The lowest BCUT2D eigenvalue weighted by Gasteiger charge is -1.99. The molecule has 18 heavy (non-hydrogen) atoms. The van der Waals surface area contributed by atoms with Gasteiger partial charge in [-0.15, -0.1) is 0 Å². The molecule has 0 aliphatic rings. The van der Waals surface area contributed by atoms with Gasteiger partial charge in [-0.05, 0) is 17.7 Å². The van der Waals surface area contributed by atoms with E-state index >= 15 is 0 Å². The van der Waals surface area contributed by atoms with Crippen molar-refractivity contribution >= 4 is 16.4 Å². The van der Waals surface area contributed by atoms with Crippen LogP contribution in [-0.2, 0) is 10.8 Å². The molecule has 0 aliphatic heterocycles. The average molecular weight is 253 g/mol. The molecule has 1 atom stereocenters. The summed E-state index contributed by atoms with van der Waals surface area (Å²) in [5.74, 6) is 0. The van der Waals surface area contributed by atoms with Crippen molar-refractivity contribution in [2.75, 3.05) is 0 Å². The van der Waals surface area contributed by atoms with Gasteiger partial charge >= 0.3 is 0 Å². The van der Waals surface area contributed by atoms with Crippen LogP contribution in [0.3, 0.4) is 0 Å². The summed E-state index contributed by atoms with van der Waals surface area (Å²) >= 11 is 0. The largest absolute Gasteiger partial charge is 0.250 e. The molecule has 0 fully saturated rings. The predicted octanol–water partition coefficient (Wildman–Crippen LogP) is 3.36. The fourth-order valence-corrected chi connectivity index (χ4v) is 2.47. The Morgan fingerprint density at radius 2 is 1.56 bits per heavy atom. The second kappa shape index (κ2) is 5.95. The first-order chi connectivity index (χ1) is 8.81.